The van der Waals surface area contributed by atoms with Crippen LogP contribution in [0.5, 0.6) is 5.75 Å². The number of nitrogens with one attached hydrogen (secondary N) is 2. The van der Waals surface area contributed by atoms with Crippen molar-refractivity contribution < 1.29 is 22.5 Å². The van der Waals surface area contributed by atoms with Crippen LogP contribution in [0.2, 0.25) is 10.0 Å². The van der Waals surface area contributed by atoms with E-state index in [1.165, 1.54) is 49.6 Å². The number of nitriles is 1. The molecule has 4 aromatic rings. The molecule has 0 fully saturated rings. The quantitative estimate of drug-likeness (QED) is 0.306. The molecule has 0 radical (unpaired) electrons. The average molecular weight is 573 g/mol. The number of nitrogens with zero attached hydrogens (tertiary/aromatic N) is 4. The largest absolute Gasteiger partial charge is 0.495 e. The first-order valence-corrected chi connectivity index (χ1v) is 12.9. The van der Waals surface area contributed by atoms with Gasteiger partial charge >= 0.3 is 6.03 Å². The average Bonchev–Trinajstić information content (AvgIpc) is 3.42. The maximum absolute atomic E-state index is 12.9. The normalized spacial score (nSPS) is 10.9. The lowest BCUT2D eigenvalue weighted by atomic mass is 10.0. The molecule has 0 aliphatic heterocycles. The van der Waals surface area contributed by atoms with Gasteiger partial charge < -0.3 is 14.6 Å². The van der Waals surface area contributed by atoms with Crippen molar-refractivity contribution in [2.75, 3.05) is 23.8 Å². The van der Waals surface area contributed by atoms with Crippen molar-refractivity contribution in [3.8, 4) is 22.9 Å². The Morgan fingerprint density at radius 2 is 1.92 bits per heavy atom. The number of anilines is 3. The van der Waals surface area contributed by atoms with Crippen molar-refractivity contribution >= 4 is 56.6 Å². The summed E-state index contributed by atoms with van der Waals surface area (Å²) in [5, 5.41) is 15.9. The van der Waals surface area contributed by atoms with Crippen molar-refractivity contribution in [1.29, 1.82) is 5.26 Å². The molecule has 0 bridgehead atoms. The van der Waals surface area contributed by atoms with Crippen molar-refractivity contribution in [1.82, 2.24) is 15.5 Å². The minimum absolute atomic E-state index is 0.00288. The van der Waals surface area contributed by atoms with Crippen LogP contribution in [-0.4, -0.2) is 38.7 Å². The number of ether oxygens (including phenoxy) is 1. The highest BCUT2D eigenvalue weighted by Gasteiger charge is 2.25. The molecular weight excluding hydrogens is 555 g/mol. The van der Waals surface area contributed by atoms with E-state index in [0.717, 1.165) is 6.20 Å². The molecule has 0 spiro atoms. The third kappa shape index (κ3) is 5.35. The summed E-state index contributed by atoms with van der Waals surface area (Å²) in [6.45, 7) is 0. The summed E-state index contributed by atoms with van der Waals surface area (Å²) >= 11 is 12.7. The zero-order valence-electron chi connectivity index (χ0n) is 19.8. The number of hydrogen-bond acceptors (Lipinski definition) is 8. The molecule has 0 atom stereocenters. The van der Waals surface area contributed by atoms with Crippen molar-refractivity contribution in [2.45, 2.75) is 4.90 Å². The molecule has 2 N–H and O–H groups in total. The Morgan fingerprint density at radius 1 is 1.13 bits per heavy atom. The monoisotopic (exact) mass is 572 g/mol. The summed E-state index contributed by atoms with van der Waals surface area (Å²) in [5.41, 5.74) is 1.65. The Bertz CT molecular complexity index is 1640. The summed E-state index contributed by atoms with van der Waals surface area (Å²) in [6, 6.07) is 13.4. The maximum atomic E-state index is 12.9. The first-order valence-electron chi connectivity index (χ1n) is 10.7. The Balaban J connectivity index is 1.75. The number of hydrogen-bond donors (Lipinski definition) is 2. The fourth-order valence-corrected chi connectivity index (χ4v) is 4.82. The molecule has 14 heteroatoms. The molecule has 4 rings (SSSR count). The van der Waals surface area contributed by atoms with Gasteiger partial charge in [0.15, 0.2) is 5.82 Å². The van der Waals surface area contributed by atoms with E-state index < -0.39 is 16.1 Å². The lowest BCUT2D eigenvalue weighted by Gasteiger charge is -2.24. The highest BCUT2D eigenvalue weighted by Crippen LogP contribution is 2.41. The number of rotatable bonds is 7. The lowest BCUT2D eigenvalue weighted by molar-refractivity contribution is 0.250. The zero-order chi connectivity index (χ0) is 27.4. The molecular formula is C24H18Cl2N6O5S. The molecule has 0 aliphatic carbocycles. The fraction of sp³-hybridized carbons (Fsp3) is 0.0833. The van der Waals surface area contributed by atoms with E-state index in [-0.39, 0.29) is 38.6 Å². The van der Waals surface area contributed by atoms with E-state index in [4.69, 9.17) is 27.9 Å². The van der Waals surface area contributed by atoms with Gasteiger partial charge in [0.05, 0.1) is 28.4 Å². The Labute approximate surface area is 227 Å². The van der Waals surface area contributed by atoms with Crippen LogP contribution in [0, 0.1) is 11.3 Å². The Kier molecular flexibility index (Phi) is 7.72. The number of aromatic nitrogens is 2. The van der Waals surface area contributed by atoms with Crippen molar-refractivity contribution in [3.63, 3.8) is 0 Å². The van der Waals surface area contributed by atoms with Crippen LogP contribution >= 0.6 is 23.2 Å². The number of amides is 2. The van der Waals surface area contributed by atoms with E-state index >= 15 is 0 Å². The van der Waals surface area contributed by atoms with Crippen LogP contribution < -0.4 is 19.7 Å². The second-order valence-electron chi connectivity index (χ2n) is 7.54. The Hall–Kier alpha value is -4.31. The number of carbonyl (C=O) groups is 1. The van der Waals surface area contributed by atoms with Gasteiger partial charge in [-0.1, -0.05) is 34.4 Å². The molecule has 2 aromatic heterocycles. The van der Waals surface area contributed by atoms with Crippen molar-refractivity contribution in [2.24, 2.45) is 0 Å². The van der Waals surface area contributed by atoms with Gasteiger partial charge in [0, 0.05) is 24.9 Å². The van der Waals surface area contributed by atoms with E-state index in [0.29, 0.717) is 16.1 Å². The number of sulfonamides is 1. The number of carbonyl (C=O) groups excluding carboxylic acids is 1. The highest BCUT2D eigenvalue weighted by atomic mass is 35.5. The molecule has 2 amide bonds. The third-order valence-electron chi connectivity index (χ3n) is 5.26. The number of methoxy groups -OCH3 is 1. The van der Waals surface area contributed by atoms with Crippen LogP contribution in [0.1, 0.15) is 5.56 Å². The minimum Gasteiger partial charge on any atom is -0.495 e. The first-order chi connectivity index (χ1) is 18.2. The summed E-state index contributed by atoms with van der Waals surface area (Å²) in [5.74, 6) is 0.348. The standard InChI is InChI=1S/C24H18Cl2N6O5S/c1-28-24(33)32(23-6-4-16(13-29-23)38(34,35)31-22-7-8-37-30-22)20-11-19(26)17(10-21(20)36-2)14-3-5-18(25)15(9-14)12-27/h3-11,13H,1-2H3,(H,28,33)(H,30,31). The third-order valence-corrected chi connectivity index (χ3v) is 7.24. The lowest BCUT2D eigenvalue weighted by Crippen LogP contribution is -2.35. The van der Waals surface area contributed by atoms with E-state index in [1.807, 2.05) is 6.07 Å². The Morgan fingerprint density at radius 3 is 2.53 bits per heavy atom. The SMILES string of the molecule is CNC(=O)N(c1ccc(S(=O)(=O)Nc2ccon2)cn1)c1cc(Cl)c(-c2ccc(Cl)c(C#N)c2)cc1OC. The van der Waals surface area contributed by atoms with Crippen LogP contribution in [0.3, 0.4) is 0 Å². The van der Waals surface area contributed by atoms with Gasteiger partial charge in [-0.3, -0.25) is 4.72 Å². The van der Waals surface area contributed by atoms with Gasteiger partial charge in [-0.25, -0.2) is 23.1 Å². The molecule has 0 saturated heterocycles. The number of pyridine rings is 1. The van der Waals surface area contributed by atoms with Gasteiger partial charge in [-0.15, -0.1) is 0 Å². The van der Waals surface area contributed by atoms with E-state index in [2.05, 4.69) is 24.7 Å². The van der Waals surface area contributed by atoms with Crippen LogP contribution in [-0.2, 0) is 10.0 Å². The van der Waals surface area contributed by atoms with Gasteiger partial charge in [0.2, 0.25) is 0 Å². The van der Waals surface area contributed by atoms with Gasteiger partial charge in [-0.05, 0) is 42.0 Å². The fourth-order valence-electron chi connectivity index (χ4n) is 3.45. The molecule has 0 saturated carbocycles. The van der Waals surface area contributed by atoms with Crippen LogP contribution in [0.15, 0.2) is 70.4 Å². The summed E-state index contributed by atoms with van der Waals surface area (Å²) in [4.78, 5) is 18.1. The van der Waals surface area contributed by atoms with Crippen LogP contribution in [0.4, 0.5) is 22.1 Å². The number of halogens is 2. The second kappa shape index (κ2) is 11.0. The van der Waals surface area contributed by atoms with Gasteiger partial charge in [0.25, 0.3) is 10.0 Å². The molecule has 11 nitrogen and oxygen atoms in total. The molecule has 194 valence electrons. The van der Waals surface area contributed by atoms with Gasteiger partial charge in [-0.2, -0.15) is 5.26 Å². The first kappa shape index (κ1) is 26.7. The smallest absolute Gasteiger partial charge is 0.327 e. The zero-order valence-corrected chi connectivity index (χ0v) is 22.1. The summed E-state index contributed by atoms with van der Waals surface area (Å²) in [7, 11) is -1.17. The van der Waals surface area contributed by atoms with Gasteiger partial charge in [0.1, 0.15) is 28.8 Å². The molecule has 2 aromatic carbocycles. The highest BCUT2D eigenvalue weighted by molar-refractivity contribution is 7.92. The van der Waals surface area contributed by atoms with E-state index in [9.17, 15) is 18.5 Å². The molecule has 0 unspecified atom stereocenters. The predicted octanol–water partition coefficient (Wildman–Crippen LogP) is 5.20. The molecule has 0 aliphatic rings. The second-order valence-corrected chi connectivity index (χ2v) is 10.0. The van der Waals surface area contributed by atoms with Crippen molar-refractivity contribution in [3.05, 3.63) is 76.6 Å². The summed E-state index contributed by atoms with van der Waals surface area (Å²) in [6.07, 6.45) is 2.31. The summed E-state index contributed by atoms with van der Waals surface area (Å²) < 4.78 is 37.7. The number of urea groups is 1. The molecule has 2 heterocycles. The van der Waals surface area contributed by atoms with E-state index in [1.54, 1.807) is 24.3 Å². The molecule has 38 heavy (non-hydrogen) atoms. The number of benzene rings is 2. The van der Waals surface area contributed by atoms with Crippen LogP contribution in [0.25, 0.3) is 11.1 Å². The maximum Gasteiger partial charge on any atom is 0.327 e. The topological polar surface area (TPSA) is 150 Å². The predicted molar refractivity (Wildman–Crippen MR) is 141 cm³/mol. The minimum atomic E-state index is -4.01.